The fraction of sp³-hybridized carbons (Fsp3) is 0.571. The largest absolute Gasteiger partial charge is 0.396 e. The van der Waals surface area contributed by atoms with Crippen LogP contribution in [-0.2, 0) is 10.0 Å². The Kier molecular flexibility index (Phi) is 4.95. The summed E-state index contributed by atoms with van der Waals surface area (Å²) in [6.07, 6.45) is 2.56. The molecule has 2 rings (SSSR count). The van der Waals surface area contributed by atoms with Crippen molar-refractivity contribution in [1.29, 1.82) is 0 Å². The van der Waals surface area contributed by atoms with Crippen molar-refractivity contribution in [1.82, 2.24) is 4.31 Å². The van der Waals surface area contributed by atoms with Crippen molar-refractivity contribution >= 4 is 31.6 Å². The summed E-state index contributed by atoms with van der Waals surface area (Å²) in [6, 6.07) is 2.36. The van der Waals surface area contributed by atoms with Gasteiger partial charge in [0, 0.05) is 17.1 Å². The van der Waals surface area contributed by atoms with Crippen LogP contribution in [-0.4, -0.2) is 25.3 Å². The van der Waals surface area contributed by atoms with Crippen LogP contribution in [0.15, 0.2) is 21.5 Å². The number of anilines is 1. The summed E-state index contributed by atoms with van der Waals surface area (Å²) in [5, 5.41) is 0. The minimum absolute atomic E-state index is 0.0389. The third-order valence-electron chi connectivity index (χ3n) is 3.52. The normalized spacial score (nSPS) is 15.9. The summed E-state index contributed by atoms with van der Waals surface area (Å²) in [4.78, 5) is 0.0389. The van der Waals surface area contributed by atoms with E-state index in [0.717, 1.165) is 25.3 Å². The summed E-state index contributed by atoms with van der Waals surface area (Å²) in [6.45, 7) is 4.60. The molecule has 0 aromatic heterocycles. The highest BCUT2D eigenvalue weighted by Gasteiger charge is 2.38. The molecule has 1 aromatic rings. The lowest BCUT2D eigenvalue weighted by Crippen LogP contribution is -2.35. The summed E-state index contributed by atoms with van der Waals surface area (Å²) in [5.74, 6) is -0.204. The van der Waals surface area contributed by atoms with Crippen molar-refractivity contribution in [3.05, 3.63) is 22.4 Å². The molecule has 1 aliphatic carbocycles. The lowest BCUT2D eigenvalue weighted by molar-refractivity contribution is 0.373. The molecule has 1 fully saturated rings. The smallest absolute Gasteiger partial charge is 0.244 e. The van der Waals surface area contributed by atoms with Gasteiger partial charge in [-0.2, -0.15) is 4.31 Å². The Hall–Kier alpha value is -0.660. The second-order valence-corrected chi connectivity index (χ2v) is 8.55. The molecule has 118 valence electrons. The number of halogens is 2. The quantitative estimate of drug-likeness (QED) is 0.771. The molecule has 0 atom stereocenters. The molecule has 0 spiro atoms. The van der Waals surface area contributed by atoms with E-state index in [4.69, 9.17) is 5.73 Å². The highest BCUT2D eigenvalue weighted by molar-refractivity contribution is 9.10. The van der Waals surface area contributed by atoms with E-state index in [1.807, 2.05) is 0 Å². The molecule has 1 aromatic carbocycles. The van der Waals surface area contributed by atoms with Gasteiger partial charge in [-0.1, -0.05) is 13.8 Å². The van der Waals surface area contributed by atoms with Crippen LogP contribution in [0.1, 0.15) is 33.1 Å². The number of sulfonamides is 1. The highest BCUT2D eigenvalue weighted by atomic mass is 79.9. The molecular formula is C14H20BrFN2O2S. The second kappa shape index (κ2) is 6.22. The van der Waals surface area contributed by atoms with Crippen LogP contribution in [0, 0.1) is 11.7 Å². The van der Waals surface area contributed by atoms with Gasteiger partial charge in [0.2, 0.25) is 10.0 Å². The van der Waals surface area contributed by atoms with Crippen LogP contribution in [0.2, 0.25) is 0 Å². The zero-order chi connectivity index (χ0) is 15.8. The van der Waals surface area contributed by atoms with Crippen molar-refractivity contribution in [2.45, 2.75) is 44.0 Å². The lowest BCUT2D eigenvalue weighted by Gasteiger charge is -2.23. The first-order chi connectivity index (χ1) is 9.73. The van der Waals surface area contributed by atoms with E-state index >= 15 is 0 Å². The Balaban J connectivity index is 2.36. The minimum atomic E-state index is -3.66. The van der Waals surface area contributed by atoms with E-state index in [-0.39, 0.29) is 21.1 Å². The maximum Gasteiger partial charge on any atom is 0.244 e. The number of nitrogen functional groups attached to an aromatic ring is 1. The summed E-state index contributed by atoms with van der Waals surface area (Å²) in [7, 11) is -3.66. The van der Waals surface area contributed by atoms with Gasteiger partial charge < -0.3 is 5.73 Å². The minimum Gasteiger partial charge on any atom is -0.396 e. The molecule has 1 saturated carbocycles. The van der Waals surface area contributed by atoms with E-state index in [2.05, 4.69) is 29.8 Å². The summed E-state index contributed by atoms with van der Waals surface area (Å²) < 4.78 is 40.8. The Bertz CT molecular complexity index is 630. The molecule has 0 saturated heterocycles. The molecule has 21 heavy (non-hydrogen) atoms. The van der Waals surface area contributed by atoms with Gasteiger partial charge in [-0.3, -0.25) is 0 Å². The van der Waals surface area contributed by atoms with Gasteiger partial charge in [0.1, 0.15) is 5.82 Å². The Labute approximate surface area is 133 Å². The van der Waals surface area contributed by atoms with E-state index < -0.39 is 15.8 Å². The van der Waals surface area contributed by atoms with E-state index in [1.54, 1.807) is 0 Å². The number of benzene rings is 1. The van der Waals surface area contributed by atoms with Crippen LogP contribution in [0.25, 0.3) is 0 Å². The number of hydrogen-bond acceptors (Lipinski definition) is 3. The number of hydrogen-bond donors (Lipinski definition) is 1. The van der Waals surface area contributed by atoms with Crippen LogP contribution in [0.4, 0.5) is 10.1 Å². The first-order valence-electron chi connectivity index (χ1n) is 7.00. The number of nitrogens with zero attached hydrogens (tertiary/aromatic N) is 1. The van der Waals surface area contributed by atoms with Crippen LogP contribution < -0.4 is 5.73 Å². The van der Waals surface area contributed by atoms with Gasteiger partial charge in [0.15, 0.2) is 0 Å². The van der Waals surface area contributed by atoms with Gasteiger partial charge in [-0.25, -0.2) is 12.8 Å². The molecule has 4 nitrogen and oxygen atoms in total. The molecule has 2 N–H and O–H groups in total. The molecule has 0 amide bonds. The SMILES string of the molecule is CC(C)CCN(C1CC1)S(=O)(=O)c1cc(N)c(F)cc1Br. The molecule has 0 heterocycles. The van der Waals surface area contributed by atoms with E-state index in [9.17, 15) is 12.8 Å². The Morgan fingerprint density at radius 3 is 2.57 bits per heavy atom. The molecule has 0 bridgehead atoms. The zero-order valence-corrected chi connectivity index (χ0v) is 14.5. The molecule has 1 aliphatic rings. The standard InChI is InChI=1S/C14H20BrFN2O2S/c1-9(2)5-6-18(10-3-4-10)21(19,20)14-8-13(17)12(16)7-11(14)15/h7-10H,3-6,17H2,1-2H3. The highest BCUT2D eigenvalue weighted by Crippen LogP contribution is 2.36. The first kappa shape index (κ1) is 16.7. The van der Waals surface area contributed by atoms with Gasteiger partial charge in [0.25, 0.3) is 0 Å². The maximum atomic E-state index is 13.4. The predicted octanol–water partition coefficient (Wildman–Crippen LogP) is 3.37. The summed E-state index contributed by atoms with van der Waals surface area (Å²) in [5.41, 5.74) is 5.37. The topological polar surface area (TPSA) is 63.4 Å². The fourth-order valence-corrected chi connectivity index (χ4v) is 4.83. The first-order valence-corrected chi connectivity index (χ1v) is 9.23. The third kappa shape index (κ3) is 3.76. The van der Waals surface area contributed by atoms with Crippen LogP contribution in [0.3, 0.4) is 0 Å². The Morgan fingerprint density at radius 2 is 2.05 bits per heavy atom. The number of rotatable bonds is 6. The maximum absolute atomic E-state index is 13.4. The van der Waals surface area contributed by atoms with Crippen LogP contribution in [0.5, 0.6) is 0 Å². The average molecular weight is 379 g/mol. The number of nitrogens with two attached hydrogens (primary N) is 1. The van der Waals surface area contributed by atoms with Gasteiger partial charge in [0.05, 0.1) is 10.6 Å². The van der Waals surface area contributed by atoms with Crippen molar-refractivity contribution in [3.8, 4) is 0 Å². The van der Waals surface area contributed by atoms with E-state index in [1.165, 1.54) is 10.4 Å². The summed E-state index contributed by atoms with van der Waals surface area (Å²) >= 11 is 3.13. The lowest BCUT2D eigenvalue weighted by atomic mass is 10.1. The zero-order valence-electron chi connectivity index (χ0n) is 12.1. The van der Waals surface area contributed by atoms with Crippen molar-refractivity contribution in [2.75, 3.05) is 12.3 Å². The predicted molar refractivity (Wildman–Crippen MR) is 84.9 cm³/mol. The van der Waals surface area contributed by atoms with Gasteiger partial charge in [-0.05, 0) is 53.2 Å². The van der Waals surface area contributed by atoms with Crippen molar-refractivity contribution in [3.63, 3.8) is 0 Å². The molecule has 7 heteroatoms. The monoisotopic (exact) mass is 378 g/mol. The van der Waals surface area contributed by atoms with Crippen molar-refractivity contribution < 1.29 is 12.8 Å². The molecular weight excluding hydrogens is 359 g/mol. The fourth-order valence-electron chi connectivity index (χ4n) is 2.12. The average Bonchev–Trinajstić information content (AvgIpc) is 3.17. The Morgan fingerprint density at radius 1 is 1.43 bits per heavy atom. The van der Waals surface area contributed by atoms with Crippen molar-refractivity contribution in [2.24, 2.45) is 5.92 Å². The van der Waals surface area contributed by atoms with Crippen LogP contribution >= 0.6 is 15.9 Å². The third-order valence-corrected chi connectivity index (χ3v) is 6.43. The van der Waals surface area contributed by atoms with Gasteiger partial charge in [-0.15, -0.1) is 0 Å². The molecule has 0 unspecified atom stereocenters. The van der Waals surface area contributed by atoms with Gasteiger partial charge >= 0.3 is 0 Å². The second-order valence-electron chi connectivity index (χ2n) is 5.83. The van der Waals surface area contributed by atoms with E-state index in [0.29, 0.717) is 12.5 Å². The molecule has 0 aliphatic heterocycles. The molecule has 0 radical (unpaired) electrons.